The number of hydrogen-bond donors (Lipinski definition) is 1. The van der Waals surface area contributed by atoms with Crippen molar-refractivity contribution in [3.63, 3.8) is 0 Å². The molecule has 0 saturated carbocycles. The fourth-order valence-electron chi connectivity index (χ4n) is 3.03. The second kappa shape index (κ2) is 8.23. The maximum Gasteiger partial charge on any atom is 0.0757 e. The van der Waals surface area contributed by atoms with E-state index in [2.05, 4.69) is 44.8 Å². The van der Waals surface area contributed by atoms with Gasteiger partial charge >= 0.3 is 0 Å². The van der Waals surface area contributed by atoms with Crippen LogP contribution in [0.4, 0.5) is 0 Å². The van der Waals surface area contributed by atoms with Crippen LogP contribution in [-0.2, 0) is 4.74 Å². The molecule has 1 heterocycles. The lowest BCUT2D eigenvalue weighted by molar-refractivity contribution is -0.128. The predicted octanol–water partition coefficient (Wildman–Crippen LogP) is 3.04. The molecule has 2 atom stereocenters. The monoisotopic (exact) mass is 270 g/mol. The van der Waals surface area contributed by atoms with E-state index in [9.17, 15) is 0 Å². The van der Waals surface area contributed by atoms with Gasteiger partial charge in [-0.2, -0.15) is 0 Å². The molecule has 0 aromatic rings. The smallest absolute Gasteiger partial charge is 0.0757 e. The molecule has 3 nitrogen and oxygen atoms in total. The van der Waals surface area contributed by atoms with Gasteiger partial charge in [-0.1, -0.05) is 26.2 Å². The van der Waals surface area contributed by atoms with E-state index in [1.54, 1.807) is 0 Å². The zero-order valence-electron chi connectivity index (χ0n) is 13.7. The van der Waals surface area contributed by atoms with Gasteiger partial charge < -0.3 is 10.1 Å². The second-order valence-corrected chi connectivity index (χ2v) is 6.77. The van der Waals surface area contributed by atoms with Gasteiger partial charge in [-0.3, -0.25) is 4.90 Å². The van der Waals surface area contributed by atoms with E-state index in [0.717, 1.165) is 26.2 Å². The van der Waals surface area contributed by atoms with Crippen LogP contribution in [0.1, 0.15) is 60.3 Å². The number of hydrogen-bond acceptors (Lipinski definition) is 3. The summed E-state index contributed by atoms with van der Waals surface area (Å²) in [6.45, 7) is 15.5. The topological polar surface area (TPSA) is 24.5 Å². The minimum Gasteiger partial charge on any atom is -0.370 e. The van der Waals surface area contributed by atoms with Crippen molar-refractivity contribution in [2.24, 2.45) is 0 Å². The molecule has 2 unspecified atom stereocenters. The zero-order valence-corrected chi connectivity index (χ0v) is 13.7. The van der Waals surface area contributed by atoms with Crippen LogP contribution in [0.3, 0.4) is 0 Å². The van der Waals surface area contributed by atoms with E-state index in [4.69, 9.17) is 4.74 Å². The molecule has 3 heteroatoms. The number of rotatable bonds is 8. The normalized spacial score (nSPS) is 25.4. The molecule has 114 valence electrons. The number of nitrogens with zero attached hydrogens (tertiary/aromatic N) is 1. The lowest BCUT2D eigenvalue weighted by Gasteiger charge is -2.41. The van der Waals surface area contributed by atoms with Crippen LogP contribution in [0, 0.1) is 0 Å². The van der Waals surface area contributed by atoms with Crippen molar-refractivity contribution < 1.29 is 4.74 Å². The molecule has 1 N–H and O–H groups in total. The fraction of sp³-hybridized carbons (Fsp3) is 1.00. The van der Waals surface area contributed by atoms with Gasteiger partial charge in [-0.15, -0.1) is 0 Å². The molecule has 0 radical (unpaired) electrons. The summed E-state index contributed by atoms with van der Waals surface area (Å²) in [4.78, 5) is 2.53. The van der Waals surface area contributed by atoms with E-state index in [1.807, 2.05) is 0 Å². The van der Waals surface area contributed by atoms with Gasteiger partial charge in [-0.25, -0.2) is 0 Å². The van der Waals surface area contributed by atoms with Gasteiger partial charge in [-0.05, 0) is 34.1 Å². The first-order valence-electron chi connectivity index (χ1n) is 8.06. The van der Waals surface area contributed by atoms with E-state index >= 15 is 0 Å². The third kappa shape index (κ3) is 7.28. The predicted molar refractivity (Wildman–Crippen MR) is 82.7 cm³/mol. The first-order valence-corrected chi connectivity index (χ1v) is 8.06. The number of unbranched alkanes of at least 4 members (excludes halogenated alkanes) is 2. The standard InChI is InChI=1S/C16H34N2O/c1-6-7-8-9-14(2)17-10-11-18-12-15(3)19-16(4,5)13-18/h14-15,17H,6-13H2,1-5H3. The van der Waals surface area contributed by atoms with Crippen molar-refractivity contribution in [3.8, 4) is 0 Å². The summed E-state index contributed by atoms with van der Waals surface area (Å²) in [5.74, 6) is 0. The van der Waals surface area contributed by atoms with Crippen molar-refractivity contribution >= 4 is 0 Å². The molecule has 0 aromatic carbocycles. The van der Waals surface area contributed by atoms with Crippen molar-refractivity contribution in [2.45, 2.75) is 78.0 Å². The maximum atomic E-state index is 5.93. The lowest BCUT2D eigenvalue weighted by Crippen LogP contribution is -2.53. The Morgan fingerprint density at radius 3 is 2.74 bits per heavy atom. The number of ether oxygens (including phenoxy) is 1. The van der Waals surface area contributed by atoms with Gasteiger partial charge in [0.1, 0.15) is 0 Å². The summed E-state index contributed by atoms with van der Waals surface area (Å²) in [5, 5.41) is 3.65. The van der Waals surface area contributed by atoms with Crippen molar-refractivity contribution in [1.29, 1.82) is 0 Å². The summed E-state index contributed by atoms with van der Waals surface area (Å²) in [6.07, 6.45) is 5.69. The Kier molecular flexibility index (Phi) is 7.33. The molecule has 0 bridgehead atoms. The molecule has 0 aromatic heterocycles. The quantitative estimate of drug-likeness (QED) is 0.686. The Hall–Kier alpha value is -0.120. The maximum absolute atomic E-state index is 5.93. The molecule has 19 heavy (non-hydrogen) atoms. The minimum atomic E-state index is 0.00437. The highest BCUT2D eigenvalue weighted by molar-refractivity contribution is 4.82. The largest absolute Gasteiger partial charge is 0.370 e. The summed E-state index contributed by atoms with van der Waals surface area (Å²) >= 11 is 0. The Balaban J connectivity index is 2.14. The van der Waals surface area contributed by atoms with Crippen LogP contribution < -0.4 is 5.32 Å². The molecule has 0 amide bonds. The van der Waals surface area contributed by atoms with E-state index < -0.39 is 0 Å². The Labute approximate surface area is 120 Å². The first kappa shape index (κ1) is 16.9. The summed E-state index contributed by atoms with van der Waals surface area (Å²) in [5.41, 5.74) is 0.00437. The van der Waals surface area contributed by atoms with Crippen LogP contribution in [-0.4, -0.2) is 48.8 Å². The molecular formula is C16H34N2O. The van der Waals surface area contributed by atoms with E-state index in [0.29, 0.717) is 12.1 Å². The first-order chi connectivity index (χ1) is 8.93. The van der Waals surface area contributed by atoms with E-state index in [1.165, 1.54) is 25.7 Å². The van der Waals surface area contributed by atoms with Crippen LogP contribution >= 0.6 is 0 Å². The third-order valence-corrected chi connectivity index (χ3v) is 3.80. The lowest BCUT2D eigenvalue weighted by atomic mass is 10.1. The molecule has 1 aliphatic rings. The van der Waals surface area contributed by atoms with Gasteiger partial charge in [0.15, 0.2) is 0 Å². The van der Waals surface area contributed by atoms with Gasteiger partial charge in [0, 0.05) is 32.2 Å². The second-order valence-electron chi connectivity index (χ2n) is 6.77. The highest BCUT2D eigenvalue weighted by Crippen LogP contribution is 2.20. The van der Waals surface area contributed by atoms with Crippen LogP contribution in [0.15, 0.2) is 0 Å². The highest BCUT2D eigenvalue weighted by Gasteiger charge is 2.30. The third-order valence-electron chi connectivity index (χ3n) is 3.80. The zero-order chi connectivity index (χ0) is 14.3. The molecule has 1 aliphatic heterocycles. The number of morpholine rings is 1. The van der Waals surface area contributed by atoms with Crippen LogP contribution in [0.25, 0.3) is 0 Å². The van der Waals surface area contributed by atoms with Crippen molar-refractivity contribution in [1.82, 2.24) is 10.2 Å². The minimum absolute atomic E-state index is 0.00437. The molecule has 1 saturated heterocycles. The Morgan fingerprint density at radius 1 is 1.37 bits per heavy atom. The van der Waals surface area contributed by atoms with Crippen LogP contribution in [0.5, 0.6) is 0 Å². The fourth-order valence-corrected chi connectivity index (χ4v) is 3.03. The molecule has 1 fully saturated rings. The van der Waals surface area contributed by atoms with E-state index in [-0.39, 0.29) is 5.60 Å². The molecular weight excluding hydrogens is 236 g/mol. The van der Waals surface area contributed by atoms with Gasteiger partial charge in [0.05, 0.1) is 11.7 Å². The highest BCUT2D eigenvalue weighted by atomic mass is 16.5. The SMILES string of the molecule is CCCCCC(C)NCCN1CC(C)OC(C)(C)C1. The summed E-state index contributed by atoms with van der Waals surface area (Å²) < 4.78 is 5.93. The summed E-state index contributed by atoms with van der Waals surface area (Å²) in [7, 11) is 0. The average molecular weight is 270 g/mol. The molecule has 0 spiro atoms. The summed E-state index contributed by atoms with van der Waals surface area (Å²) in [6, 6.07) is 0.651. The van der Waals surface area contributed by atoms with Crippen molar-refractivity contribution in [2.75, 3.05) is 26.2 Å². The Morgan fingerprint density at radius 2 is 2.11 bits per heavy atom. The molecule has 0 aliphatic carbocycles. The Bertz CT molecular complexity index is 243. The van der Waals surface area contributed by atoms with Gasteiger partial charge in [0.2, 0.25) is 0 Å². The number of nitrogens with one attached hydrogen (secondary N) is 1. The van der Waals surface area contributed by atoms with Crippen LogP contribution in [0.2, 0.25) is 0 Å². The average Bonchev–Trinajstić information content (AvgIpc) is 2.26. The van der Waals surface area contributed by atoms with Gasteiger partial charge in [0.25, 0.3) is 0 Å². The molecule has 1 rings (SSSR count). The van der Waals surface area contributed by atoms with Crippen molar-refractivity contribution in [3.05, 3.63) is 0 Å².